The molecule has 2 aromatic rings. The van der Waals surface area contributed by atoms with E-state index >= 15 is 0 Å². The fraction of sp³-hybridized carbons (Fsp3) is 0.550. The molecular weight excluding hydrogens is 366 g/mol. The van der Waals surface area contributed by atoms with E-state index in [1.54, 1.807) is 11.3 Å². The van der Waals surface area contributed by atoms with E-state index in [1.807, 2.05) is 19.2 Å². The molecule has 26 heavy (non-hydrogen) atoms. The summed E-state index contributed by atoms with van der Waals surface area (Å²) in [5.74, 6) is 0.974. The number of nitrogens with one attached hydrogen (secondary N) is 1. The Morgan fingerprint density at radius 1 is 1.31 bits per heavy atom. The van der Waals surface area contributed by atoms with Gasteiger partial charge in [-0.25, -0.2) is 4.98 Å². The lowest BCUT2D eigenvalue weighted by molar-refractivity contribution is 0.187. The van der Waals surface area contributed by atoms with Gasteiger partial charge < -0.3 is 10.1 Å². The van der Waals surface area contributed by atoms with E-state index in [-0.39, 0.29) is 12.4 Å². The van der Waals surface area contributed by atoms with Gasteiger partial charge >= 0.3 is 0 Å². The van der Waals surface area contributed by atoms with Crippen LogP contribution in [0.15, 0.2) is 35.8 Å². The molecule has 1 saturated carbocycles. The fourth-order valence-corrected chi connectivity index (χ4v) is 4.86. The zero-order chi connectivity index (χ0) is 17.1. The Labute approximate surface area is 166 Å². The van der Waals surface area contributed by atoms with E-state index in [0.29, 0.717) is 18.1 Å². The monoisotopic (exact) mass is 393 g/mol. The number of hydrogen-bond acceptors (Lipinski definition) is 5. The number of hydrogen-bond donors (Lipinski definition) is 1. The third-order valence-corrected chi connectivity index (χ3v) is 6.37. The van der Waals surface area contributed by atoms with E-state index in [0.717, 1.165) is 18.8 Å². The van der Waals surface area contributed by atoms with Gasteiger partial charge in [-0.1, -0.05) is 12.1 Å². The molecule has 1 spiro atoms. The lowest BCUT2D eigenvalue weighted by atomic mass is 9.93. The summed E-state index contributed by atoms with van der Waals surface area (Å²) in [5.41, 5.74) is 1.87. The standard InChI is InChI=1S/C20H27N3OS.ClH/c1-2-24-17-5-3-4-16(12-17)14-23(15-19-22-10-11-25-19)18-13-20(18)6-8-21-9-7-20;/h3-5,10-12,18,21H,2,6-9,13-15H2,1H3;1H. The van der Waals surface area contributed by atoms with Crippen LogP contribution in [0.1, 0.15) is 36.8 Å². The quantitative estimate of drug-likeness (QED) is 0.768. The largest absolute Gasteiger partial charge is 0.494 e. The zero-order valence-corrected chi connectivity index (χ0v) is 17.0. The second-order valence-corrected chi connectivity index (χ2v) is 8.22. The third-order valence-electron chi connectivity index (χ3n) is 5.60. The molecule has 2 aliphatic rings. The minimum atomic E-state index is 0. The predicted molar refractivity (Wildman–Crippen MR) is 109 cm³/mol. The van der Waals surface area contributed by atoms with Crippen molar-refractivity contribution in [2.24, 2.45) is 5.41 Å². The number of thiazole rings is 1. The normalized spacial score (nSPS) is 20.8. The van der Waals surface area contributed by atoms with Crippen molar-refractivity contribution in [3.8, 4) is 5.75 Å². The van der Waals surface area contributed by atoms with Crippen LogP contribution in [-0.4, -0.2) is 35.6 Å². The topological polar surface area (TPSA) is 37.4 Å². The average Bonchev–Trinajstić information content (AvgIpc) is 3.05. The number of nitrogens with zero attached hydrogens (tertiary/aromatic N) is 2. The van der Waals surface area contributed by atoms with E-state index in [1.165, 1.54) is 42.9 Å². The lowest BCUT2D eigenvalue weighted by Gasteiger charge is -2.29. The summed E-state index contributed by atoms with van der Waals surface area (Å²) in [6, 6.07) is 9.25. The Morgan fingerprint density at radius 3 is 2.88 bits per heavy atom. The molecule has 1 N–H and O–H groups in total. The van der Waals surface area contributed by atoms with Crippen LogP contribution in [0.25, 0.3) is 0 Å². The van der Waals surface area contributed by atoms with Crippen molar-refractivity contribution in [1.29, 1.82) is 0 Å². The maximum atomic E-state index is 5.68. The molecule has 0 radical (unpaired) electrons. The molecule has 2 heterocycles. The van der Waals surface area contributed by atoms with Crippen LogP contribution in [0.4, 0.5) is 0 Å². The number of aromatic nitrogens is 1. The van der Waals surface area contributed by atoms with Crippen molar-refractivity contribution in [3.05, 3.63) is 46.4 Å². The van der Waals surface area contributed by atoms with E-state index in [9.17, 15) is 0 Å². The second kappa shape index (κ2) is 8.70. The highest BCUT2D eigenvalue weighted by Crippen LogP contribution is 2.56. The fourth-order valence-electron chi connectivity index (χ4n) is 4.22. The van der Waals surface area contributed by atoms with Gasteiger partial charge in [-0.2, -0.15) is 0 Å². The predicted octanol–water partition coefficient (Wildman–Crippen LogP) is 4.11. The minimum absolute atomic E-state index is 0. The first kappa shape index (κ1) is 19.6. The zero-order valence-electron chi connectivity index (χ0n) is 15.3. The maximum Gasteiger partial charge on any atom is 0.119 e. The second-order valence-electron chi connectivity index (χ2n) is 7.24. The Bertz CT molecular complexity index is 688. The first-order valence-electron chi connectivity index (χ1n) is 9.34. The lowest BCUT2D eigenvalue weighted by Crippen LogP contribution is -2.35. The minimum Gasteiger partial charge on any atom is -0.494 e. The summed E-state index contributed by atoms with van der Waals surface area (Å²) >= 11 is 1.76. The number of ether oxygens (including phenoxy) is 1. The van der Waals surface area contributed by atoms with Crippen molar-refractivity contribution in [1.82, 2.24) is 15.2 Å². The van der Waals surface area contributed by atoms with Gasteiger partial charge in [0.1, 0.15) is 10.8 Å². The first-order chi connectivity index (χ1) is 12.3. The van der Waals surface area contributed by atoms with Gasteiger partial charge in [-0.15, -0.1) is 23.7 Å². The van der Waals surface area contributed by atoms with Crippen LogP contribution in [0.5, 0.6) is 5.75 Å². The average molecular weight is 394 g/mol. The number of benzene rings is 1. The summed E-state index contributed by atoms with van der Waals surface area (Å²) in [7, 11) is 0. The Hall–Kier alpha value is -1.14. The van der Waals surface area contributed by atoms with Crippen molar-refractivity contribution < 1.29 is 4.74 Å². The van der Waals surface area contributed by atoms with Gasteiger partial charge in [0.2, 0.25) is 0 Å². The number of rotatable bonds is 7. The summed E-state index contributed by atoms with van der Waals surface area (Å²) in [4.78, 5) is 7.18. The van der Waals surface area contributed by atoms with Gasteiger partial charge in [-0.05, 0) is 62.4 Å². The molecule has 2 fully saturated rings. The highest BCUT2D eigenvalue weighted by atomic mass is 35.5. The number of piperidine rings is 1. The summed E-state index contributed by atoms with van der Waals surface area (Å²) in [5, 5.41) is 6.81. The Morgan fingerprint density at radius 2 is 2.15 bits per heavy atom. The molecule has 1 atom stereocenters. The van der Waals surface area contributed by atoms with E-state index in [2.05, 4.69) is 38.8 Å². The molecule has 0 bridgehead atoms. The SMILES string of the molecule is CCOc1cccc(CN(Cc2nccs2)C2CC23CCNCC3)c1.Cl. The van der Waals surface area contributed by atoms with Gasteiger partial charge in [-0.3, -0.25) is 4.90 Å². The molecule has 0 amide bonds. The highest BCUT2D eigenvalue weighted by Gasteiger charge is 2.56. The Kier molecular flexibility index (Phi) is 6.56. The van der Waals surface area contributed by atoms with Gasteiger partial charge in [0.15, 0.2) is 0 Å². The summed E-state index contributed by atoms with van der Waals surface area (Å²) in [6.45, 7) is 7.01. The van der Waals surface area contributed by atoms with Crippen LogP contribution in [0.2, 0.25) is 0 Å². The van der Waals surface area contributed by atoms with Crippen molar-refractivity contribution in [2.75, 3.05) is 19.7 Å². The smallest absolute Gasteiger partial charge is 0.119 e. The third kappa shape index (κ3) is 4.39. The van der Waals surface area contributed by atoms with Crippen LogP contribution in [0.3, 0.4) is 0 Å². The molecule has 142 valence electrons. The first-order valence-corrected chi connectivity index (χ1v) is 10.2. The van der Waals surface area contributed by atoms with Gasteiger partial charge in [0, 0.05) is 24.2 Å². The van der Waals surface area contributed by atoms with Crippen molar-refractivity contribution in [2.45, 2.75) is 45.3 Å². The molecule has 4 rings (SSSR count). The molecule has 1 aromatic carbocycles. The molecule has 6 heteroatoms. The molecule has 4 nitrogen and oxygen atoms in total. The van der Waals surface area contributed by atoms with Crippen molar-refractivity contribution in [3.63, 3.8) is 0 Å². The van der Waals surface area contributed by atoms with E-state index < -0.39 is 0 Å². The van der Waals surface area contributed by atoms with Crippen LogP contribution >= 0.6 is 23.7 Å². The summed E-state index contributed by atoms with van der Waals surface area (Å²) < 4.78 is 5.68. The van der Waals surface area contributed by atoms with Crippen LogP contribution in [-0.2, 0) is 13.1 Å². The molecular formula is C20H28ClN3OS. The highest BCUT2D eigenvalue weighted by molar-refractivity contribution is 7.09. The molecule has 1 unspecified atom stereocenters. The Balaban J connectivity index is 0.00000196. The van der Waals surface area contributed by atoms with Crippen molar-refractivity contribution >= 4 is 23.7 Å². The molecule has 1 saturated heterocycles. The summed E-state index contributed by atoms with van der Waals surface area (Å²) in [6.07, 6.45) is 5.88. The maximum absolute atomic E-state index is 5.68. The molecule has 1 aromatic heterocycles. The van der Waals surface area contributed by atoms with E-state index in [4.69, 9.17) is 4.74 Å². The molecule has 1 aliphatic heterocycles. The number of halogens is 1. The van der Waals surface area contributed by atoms with Gasteiger partial charge in [0.05, 0.1) is 13.2 Å². The van der Waals surface area contributed by atoms with Crippen LogP contribution in [0, 0.1) is 5.41 Å². The molecule has 1 aliphatic carbocycles. The van der Waals surface area contributed by atoms with Crippen LogP contribution < -0.4 is 10.1 Å². The van der Waals surface area contributed by atoms with Gasteiger partial charge in [0.25, 0.3) is 0 Å².